The van der Waals surface area contributed by atoms with E-state index in [0.717, 1.165) is 22.6 Å². The first-order valence-corrected chi connectivity index (χ1v) is 9.21. The van der Waals surface area contributed by atoms with Crippen LogP contribution in [0.3, 0.4) is 0 Å². The first kappa shape index (κ1) is 19.5. The summed E-state index contributed by atoms with van der Waals surface area (Å²) in [6, 6.07) is 18.9. The number of carbonyl (C=O) groups is 1. The Kier molecular flexibility index (Phi) is 5.67. The van der Waals surface area contributed by atoms with Gasteiger partial charge in [0.25, 0.3) is 5.91 Å². The van der Waals surface area contributed by atoms with Crippen molar-refractivity contribution in [3.05, 3.63) is 87.7 Å². The second kappa shape index (κ2) is 8.16. The molecule has 0 fully saturated rings. The van der Waals surface area contributed by atoms with Gasteiger partial charge in [-0.05, 0) is 80.4 Å². The number of anilines is 1. The molecular formula is C23H20ClN3O. The lowest BCUT2D eigenvalue weighted by Gasteiger charge is -2.10. The minimum Gasteiger partial charge on any atom is -0.321 e. The summed E-state index contributed by atoms with van der Waals surface area (Å²) in [5.41, 5.74) is 5.68. The number of rotatable bonds is 4. The molecule has 1 N–H and O–H groups in total. The highest BCUT2D eigenvalue weighted by Gasteiger charge is 2.14. The summed E-state index contributed by atoms with van der Waals surface area (Å²) in [6.07, 6.45) is 1.62. The van der Waals surface area contributed by atoms with Crippen LogP contribution < -0.4 is 5.32 Å². The van der Waals surface area contributed by atoms with Crippen molar-refractivity contribution in [2.75, 3.05) is 5.32 Å². The number of hydrogen-bond donors (Lipinski definition) is 1. The van der Waals surface area contributed by atoms with Gasteiger partial charge in [0, 0.05) is 27.8 Å². The molecule has 0 spiro atoms. The number of nitrogens with one attached hydrogen (secondary N) is 1. The fourth-order valence-electron chi connectivity index (χ4n) is 3.13. The van der Waals surface area contributed by atoms with Crippen molar-refractivity contribution in [2.24, 2.45) is 0 Å². The molecule has 3 aromatic rings. The van der Waals surface area contributed by atoms with Crippen molar-refractivity contribution in [2.45, 2.75) is 20.8 Å². The number of carbonyl (C=O) groups excluding carboxylic acids is 1. The predicted molar refractivity (Wildman–Crippen MR) is 114 cm³/mol. The molecule has 0 aliphatic rings. The summed E-state index contributed by atoms with van der Waals surface area (Å²) in [5.74, 6) is -0.454. The Morgan fingerprint density at radius 1 is 1.11 bits per heavy atom. The third-order valence-corrected chi connectivity index (χ3v) is 4.75. The molecule has 1 heterocycles. The van der Waals surface area contributed by atoms with E-state index in [1.165, 1.54) is 5.56 Å². The maximum atomic E-state index is 12.5. The summed E-state index contributed by atoms with van der Waals surface area (Å²) in [5, 5.41) is 12.8. The van der Waals surface area contributed by atoms with E-state index in [1.54, 1.807) is 30.3 Å². The Morgan fingerprint density at radius 2 is 1.82 bits per heavy atom. The van der Waals surface area contributed by atoms with E-state index in [0.29, 0.717) is 10.7 Å². The maximum absolute atomic E-state index is 12.5. The lowest BCUT2D eigenvalue weighted by atomic mass is 10.1. The second-order valence-electron chi connectivity index (χ2n) is 6.63. The number of benzene rings is 2. The summed E-state index contributed by atoms with van der Waals surface area (Å²) in [7, 11) is 0. The van der Waals surface area contributed by atoms with Gasteiger partial charge < -0.3 is 9.88 Å². The fraction of sp³-hybridized carbons (Fsp3) is 0.130. The zero-order valence-corrected chi connectivity index (χ0v) is 16.7. The van der Waals surface area contributed by atoms with Crippen LogP contribution in [-0.2, 0) is 4.79 Å². The lowest BCUT2D eigenvalue weighted by molar-refractivity contribution is -0.112. The van der Waals surface area contributed by atoms with E-state index in [2.05, 4.69) is 16.0 Å². The Balaban J connectivity index is 1.93. The van der Waals surface area contributed by atoms with Gasteiger partial charge in [-0.2, -0.15) is 5.26 Å². The topological polar surface area (TPSA) is 57.8 Å². The molecule has 0 saturated heterocycles. The van der Waals surface area contributed by atoms with Crippen LogP contribution in [0.2, 0.25) is 5.02 Å². The van der Waals surface area contributed by atoms with Crippen LogP contribution in [0.4, 0.5) is 5.69 Å². The number of halogens is 1. The number of aryl methyl sites for hydroxylation is 2. The van der Waals surface area contributed by atoms with Gasteiger partial charge in [-0.15, -0.1) is 0 Å². The number of nitriles is 1. The second-order valence-corrected chi connectivity index (χ2v) is 7.07. The fourth-order valence-corrected chi connectivity index (χ4v) is 3.26. The molecule has 1 amide bonds. The highest BCUT2D eigenvalue weighted by Crippen LogP contribution is 2.24. The molecular weight excluding hydrogens is 370 g/mol. The zero-order chi connectivity index (χ0) is 20.3. The maximum Gasteiger partial charge on any atom is 0.266 e. The third kappa shape index (κ3) is 4.16. The molecule has 2 aromatic carbocycles. The monoisotopic (exact) mass is 389 g/mol. The van der Waals surface area contributed by atoms with Crippen LogP contribution in [0, 0.1) is 32.1 Å². The molecule has 0 atom stereocenters. The number of nitrogens with zero attached hydrogens (tertiary/aromatic N) is 2. The first-order valence-electron chi connectivity index (χ1n) is 8.83. The zero-order valence-electron chi connectivity index (χ0n) is 16.0. The van der Waals surface area contributed by atoms with Gasteiger partial charge >= 0.3 is 0 Å². The quantitative estimate of drug-likeness (QED) is 0.466. The number of amides is 1. The van der Waals surface area contributed by atoms with E-state index in [1.807, 2.05) is 51.1 Å². The molecule has 0 saturated carbocycles. The van der Waals surface area contributed by atoms with E-state index >= 15 is 0 Å². The standard InChI is InChI=1S/C23H20ClN3O/c1-15-5-4-6-22(11-15)27-16(2)12-18(17(27)3)13-19(14-25)23(28)26-21-9-7-20(24)8-10-21/h4-13H,1-3H3,(H,26,28)/b19-13+. The van der Waals surface area contributed by atoms with E-state index in [-0.39, 0.29) is 5.57 Å². The van der Waals surface area contributed by atoms with Crippen molar-refractivity contribution in [1.82, 2.24) is 4.57 Å². The van der Waals surface area contributed by atoms with Gasteiger partial charge in [-0.3, -0.25) is 4.79 Å². The van der Waals surface area contributed by atoms with Gasteiger partial charge in [0.15, 0.2) is 0 Å². The highest BCUT2D eigenvalue weighted by molar-refractivity contribution is 6.30. The van der Waals surface area contributed by atoms with Crippen LogP contribution in [-0.4, -0.2) is 10.5 Å². The van der Waals surface area contributed by atoms with Gasteiger partial charge in [-0.25, -0.2) is 0 Å². The average molecular weight is 390 g/mol. The predicted octanol–water partition coefficient (Wildman–Crippen LogP) is 5.60. The van der Waals surface area contributed by atoms with Crippen molar-refractivity contribution >= 4 is 29.3 Å². The largest absolute Gasteiger partial charge is 0.321 e. The Hall–Kier alpha value is -3.29. The molecule has 0 aliphatic carbocycles. The Labute approximate surface area is 169 Å². The van der Waals surface area contributed by atoms with Gasteiger partial charge in [-0.1, -0.05) is 23.7 Å². The Morgan fingerprint density at radius 3 is 2.46 bits per heavy atom. The minimum absolute atomic E-state index is 0.0412. The molecule has 28 heavy (non-hydrogen) atoms. The highest BCUT2D eigenvalue weighted by atomic mass is 35.5. The van der Waals surface area contributed by atoms with Crippen LogP contribution in [0.5, 0.6) is 0 Å². The van der Waals surface area contributed by atoms with Gasteiger partial charge in [0.2, 0.25) is 0 Å². The number of aromatic nitrogens is 1. The van der Waals surface area contributed by atoms with Crippen molar-refractivity contribution in [3.63, 3.8) is 0 Å². The normalized spacial score (nSPS) is 11.2. The molecule has 0 radical (unpaired) electrons. The SMILES string of the molecule is Cc1cccc(-n2c(C)cc(/C=C(\C#N)C(=O)Nc3ccc(Cl)cc3)c2C)c1. The summed E-state index contributed by atoms with van der Waals surface area (Å²) in [4.78, 5) is 12.5. The van der Waals surface area contributed by atoms with Crippen molar-refractivity contribution in [3.8, 4) is 11.8 Å². The molecule has 5 heteroatoms. The summed E-state index contributed by atoms with van der Waals surface area (Å²) in [6.45, 7) is 6.03. The van der Waals surface area contributed by atoms with Crippen LogP contribution >= 0.6 is 11.6 Å². The van der Waals surface area contributed by atoms with E-state index in [9.17, 15) is 10.1 Å². The molecule has 3 rings (SSSR count). The van der Waals surface area contributed by atoms with Gasteiger partial charge in [0.1, 0.15) is 11.6 Å². The molecule has 0 aliphatic heterocycles. The van der Waals surface area contributed by atoms with E-state index < -0.39 is 5.91 Å². The lowest BCUT2D eigenvalue weighted by Crippen LogP contribution is -2.13. The average Bonchev–Trinajstić information content (AvgIpc) is 2.94. The summed E-state index contributed by atoms with van der Waals surface area (Å²) < 4.78 is 2.12. The molecule has 0 bridgehead atoms. The molecule has 4 nitrogen and oxygen atoms in total. The van der Waals surface area contributed by atoms with Crippen molar-refractivity contribution in [1.29, 1.82) is 5.26 Å². The van der Waals surface area contributed by atoms with Crippen LogP contribution in [0.25, 0.3) is 11.8 Å². The minimum atomic E-state index is -0.454. The first-order chi connectivity index (χ1) is 13.4. The molecule has 140 valence electrons. The summed E-state index contributed by atoms with van der Waals surface area (Å²) >= 11 is 5.86. The van der Waals surface area contributed by atoms with Crippen LogP contribution in [0.1, 0.15) is 22.5 Å². The van der Waals surface area contributed by atoms with Crippen molar-refractivity contribution < 1.29 is 4.79 Å². The number of hydrogen-bond acceptors (Lipinski definition) is 2. The molecule has 1 aromatic heterocycles. The van der Waals surface area contributed by atoms with Crippen LogP contribution in [0.15, 0.2) is 60.2 Å². The molecule has 0 unspecified atom stereocenters. The third-order valence-electron chi connectivity index (χ3n) is 4.50. The Bertz CT molecular complexity index is 1100. The smallest absolute Gasteiger partial charge is 0.266 e. The van der Waals surface area contributed by atoms with Gasteiger partial charge in [0.05, 0.1) is 0 Å². The van der Waals surface area contributed by atoms with E-state index in [4.69, 9.17) is 11.6 Å².